The lowest BCUT2D eigenvalue weighted by atomic mass is 9.83. The summed E-state index contributed by atoms with van der Waals surface area (Å²) in [6, 6.07) is 7.32. The van der Waals surface area contributed by atoms with Gasteiger partial charge >= 0.3 is 0 Å². The first-order chi connectivity index (χ1) is 13.4. The van der Waals surface area contributed by atoms with Crippen molar-refractivity contribution in [1.29, 1.82) is 0 Å². The summed E-state index contributed by atoms with van der Waals surface area (Å²) in [4.78, 5) is 26.6. The molecule has 0 bridgehead atoms. The van der Waals surface area contributed by atoms with Crippen LogP contribution in [-0.4, -0.2) is 22.9 Å². The van der Waals surface area contributed by atoms with E-state index in [2.05, 4.69) is 33.1 Å². The summed E-state index contributed by atoms with van der Waals surface area (Å²) in [7, 11) is 0. The molecule has 2 aromatic rings. The van der Waals surface area contributed by atoms with E-state index in [1.165, 1.54) is 5.01 Å². The minimum absolute atomic E-state index is 0.155. The highest BCUT2D eigenvalue weighted by Crippen LogP contribution is 2.29. The van der Waals surface area contributed by atoms with Crippen molar-refractivity contribution in [1.82, 2.24) is 10.4 Å². The molecule has 1 aromatic heterocycles. The average Bonchev–Trinajstić information content (AvgIpc) is 2.93. The van der Waals surface area contributed by atoms with Gasteiger partial charge in [0.05, 0.1) is 11.6 Å². The highest BCUT2D eigenvalue weighted by Gasteiger charge is 2.35. The van der Waals surface area contributed by atoms with Crippen molar-refractivity contribution in [2.75, 3.05) is 0 Å². The third-order valence-corrected chi connectivity index (χ3v) is 5.07. The Morgan fingerprint density at radius 1 is 1.03 bits per heavy atom. The molecule has 0 fully saturated rings. The predicted molar refractivity (Wildman–Crippen MR) is 116 cm³/mol. The van der Waals surface area contributed by atoms with Gasteiger partial charge in [-0.3, -0.25) is 15.0 Å². The molecule has 1 heterocycles. The van der Waals surface area contributed by atoms with E-state index >= 15 is 0 Å². The molecule has 5 heteroatoms. The van der Waals surface area contributed by atoms with Gasteiger partial charge in [-0.15, -0.1) is 0 Å². The summed E-state index contributed by atoms with van der Waals surface area (Å²) in [6.07, 6.45) is 1.68. The number of rotatable bonds is 5. The van der Waals surface area contributed by atoms with E-state index < -0.39 is 0 Å². The number of benzene rings is 1. The molecule has 5 nitrogen and oxygen atoms in total. The zero-order valence-corrected chi connectivity index (χ0v) is 19.0. The van der Waals surface area contributed by atoms with Crippen LogP contribution in [0.25, 0.3) is 0 Å². The monoisotopic (exact) mass is 398 g/mol. The first-order valence-electron chi connectivity index (χ1n) is 10.2. The first-order valence-corrected chi connectivity index (χ1v) is 10.2. The van der Waals surface area contributed by atoms with Gasteiger partial charge in [0.25, 0.3) is 11.8 Å². The first kappa shape index (κ1) is 22.7. The van der Waals surface area contributed by atoms with E-state index in [0.29, 0.717) is 22.6 Å². The van der Waals surface area contributed by atoms with Gasteiger partial charge in [0, 0.05) is 5.56 Å². The van der Waals surface area contributed by atoms with E-state index in [4.69, 9.17) is 4.42 Å². The number of hydrogen-bond donors (Lipinski definition) is 1. The fraction of sp³-hybridized carbons (Fsp3) is 0.500. The molecule has 29 heavy (non-hydrogen) atoms. The maximum atomic E-state index is 13.6. The maximum Gasteiger partial charge on any atom is 0.273 e. The smallest absolute Gasteiger partial charge is 0.273 e. The van der Waals surface area contributed by atoms with E-state index in [1.54, 1.807) is 19.9 Å². The topological polar surface area (TPSA) is 62.6 Å². The van der Waals surface area contributed by atoms with Crippen LogP contribution in [0.2, 0.25) is 0 Å². The average molecular weight is 399 g/mol. The molecular formula is C24H34N2O3. The van der Waals surface area contributed by atoms with Crippen molar-refractivity contribution in [3.8, 4) is 0 Å². The van der Waals surface area contributed by atoms with Gasteiger partial charge in [0.1, 0.15) is 11.5 Å². The van der Waals surface area contributed by atoms with Gasteiger partial charge in [-0.2, -0.15) is 0 Å². The fourth-order valence-electron chi connectivity index (χ4n) is 3.76. The summed E-state index contributed by atoms with van der Waals surface area (Å²) in [5, 5.41) is 1.53. The molecule has 1 N–H and O–H groups in total. The molecule has 1 atom stereocenters. The van der Waals surface area contributed by atoms with Crippen LogP contribution in [-0.2, 0) is 0 Å². The molecule has 158 valence electrons. The zero-order valence-electron chi connectivity index (χ0n) is 19.0. The number of furan rings is 1. The second kappa shape index (κ2) is 8.85. The lowest BCUT2D eigenvalue weighted by Crippen LogP contribution is -2.56. The Bertz CT molecular complexity index is 870. The highest BCUT2D eigenvalue weighted by atomic mass is 16.3. The number of hydrazine groups is 1. The predicted octanol–water partition coefficient (Wildman–Crippen LogP) is 5.52. The molecule has 2 rings (SSSR count). The van der Waals surface area contributed by atoms with Crippen molar-refractivity contribution >= 4 is 11.8 Å². The molecule has 0 spiro atoms. The Hall–Kier alpha value is -2.56. The minimum Gasteiger partial charge on any atom is -0.466 e. The highest BCUT2D eigenvalue weighted by molar-refractivity contribution is 6.00. The van der Waals surface area contributed by atoms with Crippen molar-refractivity contribution in [3.05, 3.63) is 58.0 Å². The van der Waals surface area contributed by atoms with Gasteiger partial charge in [-0.1, -0.05) is 51.3 Å². The van der Waals surface area contributed by atoms with Gasteiger partial charge < -0.3 is 4.42 Å². The SMILES string of the molecule is CCC[C@@H](N(NC(=O)c1cc(C)oc1C)C(=O)c1cc(C)cc(C)c1)C(C)(C)C. The summed E-state index contributed by atoms with van der Waals surface area (Å²) in [5.41, 5.74) is 5.75. The van der Waals surface area contributed by atoms with Gasteiger partial charge in [0.15, 0.2) is 0 Å². The number of carbonyl (C=O) groups is 2. The molecule has 0 saturated carbocycles. The summed E-state index contributed by atoms with van der Waals surface area (Å²) >= 11 is 0. The molecule has 2 amide bonds. The van der Waals surface area contributed by atoms with E-state index in [1.807, 2.05) is 32.0 Å². The fourth-order valence-corrected chi connectivity index (χ4v) is 3.76. The van der Waals surface area contributed by atoms with Crippen LogP contribution < -0.4 is 5.43 Å². The number of nitrogens with zero attached hydrogens (tertiary/aromatic N) is 1. The maximum absolute atomic E-state index is 13.6. The van der Waals surface area contributed by atoms with Gasteiger partial charge in [-0.05, 0) is 57.7 Å². The zero-order chi connectivity index (χ0) is 21.9. The number of amides is 2. The number of nitrogens with one attached hydrogen (secondary N) is 1. The number of aryl methyl sites for hydroxylation is 4. The Kier molecular flexibility index (Phi) is 6.93. The number of hydrogen-bond acceptors (Lipinski definition) is 3. The van der Waals surface area contributed by atoms with E-state index in [0.717, 1.165) is 24.0 Å². The molecular weight excluding hydrogens is 364 g/mol. The second-order valence-corrected chi connectivity index (χ2v) is 8.99. The van der Waals surface area contributed by atoms with Crippen molar-refractivity contribution in [2.45, 2.75) is 74.3 Å². The van der Waals surface area contributed by atoms with Gasteiger partial charge in [0.2, 0.25) is 0 Å². The molecule has 0 saturated heterocycles. The molecule has 0 aliphatic heterocycles. The van der Waals surface area contributed by atoms with Crippen molar-refractivity contribution in [3.63, 3.8) is 0 Å². The van der Waals surface area contributed by atoms with Gasteiger partial charge in [-0.25, -0.2) is 5.01 Å². The summed E-state index contributed by atoms with van der Waals surface area (Å²) < 4.78 is 5.50. The van der Waals surface area contributed by atoms with Crippen LogP contribution in [0.5, 0.6) is 0 Å². The number of carbonyl (C=O) groups excluding carboxylic acids is 2. The Morgan fingerprint density at radius 2 is 1.62 bits per heavy atom. The van der Waals surface area contributed by atoms with Crippen LogP contribution in [0.1, 0.15) is 83.9 Å². The van der Waals surface area contributed by atoms with E-state index in [9.17, 15) is 9.59 Å². The Balaban J connectivity index is 2.48. The van der Waals surface area contributed by atoms with Crippen LogP contribution in [0.4, 0.5) is 0 Å². The Labute approximate surface area is 174 Å². The minimum atomic E-state index is -0.331. The van der Waals surface area contributed by atoms with Crippen LogP contribution in [0, 0.1) is 33.1 Å². The van der Waals surface area contributed by atoms with Crippen molar-refractivity contribution in [2.24, 2.45) is 5.41 Å². The standard InChI is InChI=1S/C24H34N2O3/c1-9-10-21(24(6,7)8)26(23(28)19-12-15(2)11-16(3)13-19)25-22(27)20-14-17(4)29-18(20)5/h11-14,21H,9-10H2,1-8H3,(H,25,27)/t21-/m1/s1. The third kappa shape index (κ3) is 5.49. The molecule has 0 aliphatic rings. The molecule has 0 radical (unpaired) electrons. The van der Waals surface area contributed by atoms with Crippen LogP contribution in [0.3, 0.4) is 0 Å². The van der Waals surface area contributed by atoms with Crippen LogP contribution in [0.15, 0.2) is 28.7 Å². The normalized spacial score (nSPS) is 12.6. The molecule has 1 aromatic carbocycles. The van der Waals surface area contributed by atoms with Crippen LogP contribution >= 0.6 is 0 Å². The summed E-state index contributed by atoms with van der Waals surface area (Å²) in [5.74, 6) is 0.682. The third-order valence-electron chi connectivity index (χ3n) is 5.07. The lowest BCUT2D eigenvalue weighted by molar-refractivity contribution is 0.0270. The second-order valence-electron chi connectivity index (χ2n) is 8.99. The quantitative estimate of drug-likeness (QED) is 0.675. The largest absolute Gasteiger partial charge is 0.466 e. The lowest BCUT2D eigenvalue weighted by Gasteiger charge is -2.40. The van der Waals surface area contributed by atoms with E-state index in [-0.39, 0.29) is 23.3 Å². The molecule has 0 unspecified atom stereocenters. The summed E-state index contributed by atoms with van der Waals surface area (Å²) in [6.45, 7) is 15.9. The molecule has 0 aliphatic carbocycles. The van der Waals surface area contributed by atoms with Crippen molar-refractivity contribution < 1.29 is 14.0 Å². The Morgan fingerprint density at radius 3 is 2.07 bits per heavy atom.